The molecular formula is C19H20FN5O3. The summed E-state index contributed by atoms with van der Waals surface area (Å²) in [5.74, 6) is -2.33. The summed E-state index contributed by atoms with van der Waals surface area (Å²) in [5.41, 5.74) is 11.0. The van der Waals surface area contributed by atoms with Crippen molar-refractivity contribution >= 4 is 29.2 Å². The first-order valence-corrected chi connectivity index (χ1v) is 8.78. The number of amides is 2. The molecule has 9 heteroatoms. The predicted molar refractivity (Wildman–Crippen MR) is 101 cm³/mol. The van der Waals surface area contributed by atoms with Gasteiger partial charge in [0.2, 0.25) is 0 Å². The SMILES string of the molecule is NC(=O)C(=O)N1CCC(Nc2ccc(C(=O)c3ccccc3F)c(N)n2)CC1. The number of carbonyl (C=O) groups excluding carboxylic acids is 3. The van der Waals surface area contributed by atoms with Crippen molar-refractivity contribution in [3.8, 4) is 0 Å². The van der Waals surface area contributed by atoms with E-state index in [-0.39, 0.29) is 23.0 Å². The highest BCUT2D eigenvalue weighted by atomic mass is 19.1. The summed E-state index contributed by atoms with van der Waals surface area (Å²) in [4.78, 5) is 40.7. The monoisotopic (exact) mass is 385 g/mol. The molecule has 5 N–H and O–H groups in total. The molecule has 0 radical (unpaired) electrons. The van der Waals surface area contributed by atoms with E-state index in [0.29, 0.717) is 31.7 Å². The van der Waals surface area contributed by atoms with E-state index in [1.807, 2.05) is 0 Å². The van der Waals surface area contributed by atoms with Crippen LogP contribution in [0.3, 0.4) is 0 Å². The Morgan fingerprint density at radius 2 is 1.75 bits per heavy atom. The third-order valence-electron chi connectivity index (χ3n) is 4.63. The molecule has 3 rings (SSSR count). The Balaban J connectivity index is 1.65. The number of rotatable bonds is 4. The number of hydrogen-bond donors (Lipinski definition) is 3. The highest BCUT2D eigenvalue weighted by Gasteiger charge is 2.26. The standard InChI is InChI=1S/C19H20FN5O3/c20-14-4-2-1-3-12(14)16(26)13-5-6-15(24-17(13)21)23-11-7-9-25(10-8-11)19(28)18(22)27/h1-6,11H,7-10H2,(H2,22,27)(H3,21,23,24). The number of pyridine rings is 1. The van der Waals surface area contributed by atoms with Crippen LogP contribution in [0.15, 0.2) is 36.4 Å². The van der Waals surface area contributed by atoms with Gasteiger partial charge in [-0.15, -0.1) is 0 Å². The van der Waals surface area contributed by atoms with E-state index in [1.165, 1.54) is 29.2 Å². The van der Waals surface area contributed by atoms with Gasteiger partial charge in [-0.2, -0.15) is 0 Å². The molecule has 1 aliphatic rings. The zero-order valence-electron chi connectivity index (χ0n) is 15.0. The zero-order valence-corrected chi connectivity index (χ0v) is 15.0. The lowest BCUT2D eigenvalue weighted by Gasteiger charge is -2.31. The molecule has 1 saturated heterocycles. The third kappa shape index (κ3) is 4.08. The Morgan fingerprint density at radius 3 is 2.36 bits per heavy atom. The van der Waals surface area contributed by atoms with E-state index in [9.17, 15) is 18.8 Å². The van der Waals surface area contributed by atoms with Gasteiger partial charge in [-0.05, 0) is 37.1 Å². The Hall–Kier alpha value is -3.49. The number of aromatic nitrogens is 1. The minimum absolute atomic E-state index is 0.000375. The number of ketones is 1. The van der Waals surface area contributed by atoms with Crippen LogP contribution < -0.4 is 16.8 Å². The number of nitrogen functional groups attached to an aromatic ring is 1. The number of carbonyl (C=O) groups is 3. The zero-order chi connectivity index (χ0) is 20.3. The van der Waals surface area contributed by atoms with Crippen molar-refractivity contribution in [3.05, 3.63) is 53.3 Å². The smallest absolute Gasteiger partial charge is 0.311 e. The lowest BCUT2D eigenvalue weighted by Crippen LogP contribution is -2.47. The van der Waals surface area contributed by atoms with Crippen molar-refractivity contribution in [2.75, 3.05) is 24.1 Å². The van der Waals surface area contributed by atoms with Gasteiger partial charge in [-0.3, -0.25) is 14.4 Å². The van der Waals surface area contributed by atoms with Crippen LogP contribution in [0.25, 0.3) is 0 Å². The molecule has 0 unspecified atom stereocenters. The summed E-state index contributed by atoms with van der Waals surface area (Å²) in [7, 11) is 0. The molecular weight excluding hydrogens is 365 g/mol. The van der Waals surface area contributed by atoms with Crippen molar-refractivity contribution in [2.24, 2.45) is 5.73 Å². The maximum atomic E-state index is 13.8. The quantitative estimate of drug-likeness (QED) is 0.530. The van der Waals surface area contributed by atoms with Gasteiger partial charge in [-0.25, -0.2) is 9.37 Å². The number of nitrogens with two attached hydrogens (primary N) is 2. The fourth-order valence-corrected chi connectivity index (χ4v) is 3.13. The van der Waals surface area contributed by atoms with Crippen LogP contribution in [-0.2, 0) is 9.59 Å². The van der Waals surface area contributed by atoms with Crippen LogP contribution in [0.2, 0.25) is 0 Å². The number of nitrogens with zero attached hydrogens (tertiary/aromatic N) is 2. The first-order chi connectivity index (χ1) is 13.4. The molecule has 0 bridgehead atoms. The van der Waals surface area contributed by atoms with Gasteiger partial charge in [0.05, 0.1) is 11.1 Å². The van der Waals surface area contributed by atoms with Gasteiger partial charge in [-0.1, -0.05) is 12.1 Å². The minimum atomic E-state index is -0.962. The number of nitrogens with one attached hydrogen (secondary N) is 1. The summed E-state index contributed by atoms with van der Waals surface area (Å²) in [6, 6.07) is 8.81. The maximum Gasteiger partial charge on any atom is 0.311 e. The number of halogens is 1. The lowest BCUT2D eigenvalue weighted by atomic mass is 10.0. The fraction of sp³-hybridized carbons (Fsp3) is 0.263. The highest BCUT2D eigenvalue weighted by molar-refractivity contribution is 6.34. The Bertz CT molecular complexity index is 926. The van der Waals surface area contributed by atoms with Crippen LogP contribution in [0.5, 0.6) is 0 Å². The number of benzene rings is 1. The van der Waals surface area contributed by atoms with E-state index in [4.69, 9.17) is 11.5 Å². The molecule has 1 aromatic carbocycles. The first kappa shape index (κ1) is 19.3. The molecule has 8 nitrogen and oxygen atoms in total. The van der Waals surface area contributed by atoms with Crippen molar-refractivity contribution < 1.29 is 18.8 Å². The maximum absolute atomic E-state index is 13.8. The van der Waals surface area contributed by atoms with Gasteiger partial charge < -0.3 is 21.7 Å². The van der Waals surface area contributed by atoms with Crippen LogP contribution in [-0.4, -0.2) is 46.6 Å². The Morgan fingerprint density at radius 1 is 1.07 bits per heavy atom. The third-order valence-corrected chi connectivity index (χ3v) is 4.63. The summed E-state index contributed by atoms with van der Waals surface area (Å²) in [6.45, 7) is 0.803. The van der Waals surface area contributed by atoms with Crippen LogP contribution in [0.4, 0.5) is 16.0 Å². The lowest BCUT2D eigenvalue weighted by molar-refractivity contribution is -0.144. The molecule has 2 aromatic rings. The molecule has 0 spiro atoms. The van der Waals surface area contributed by atoms with Gasteiger partial charge in [0.15, 0.2) is 5.78 Å². The van der Waals surface area contributed by atoms with Crippen LogP contribution in [0.1, 0.15) is 28.8 Å². The van der Waals surface area contributed by atoms with E-state index >= 15 is 0 Å². The second-order valence-corrected chi connectivity index (χ2v) is 6.51. The van der Waals surface area contributed by atoms with E-state index in [1.54, 1.807) is 12.1 Å². The van der Waals surface area contributed by atoms with Crippen molar-refractivity contribution in [2.45, 2.75) is 18.9 Å². The molecule has 0 atom stereocenters. The molecule has 0 aliphatic carbocycles. The number of primary amides is 1. The summed E-state index contributed by atoms with van der Waals surface area (Å²) < 4.78 is 13.8. The van der Waals surface area contributed by atoms with Gasteiger partial charge >= 0.3 is 11.8 Å². The van der Waals surface area contributed by atoms with Crippen LogP contribution in [0, 0.1) is 5.82 Å². The van der Waals surface area contributed by atoms with Gasteiger partial charge in [0.1, 0.15) is 17.5 Å². The largest absolute Gasteiger partial charge is 0.383 e. The van der Waals surface area contributed by atoms with Crippen molar-refractivity contribution in [1.82, 2.24) is 9.88 Å². The van der Waals surface area contributed by atoms with Crippen molar-refractivity contribution in [3.63, 3.8) is 0 Å². The average molecular weight is 385 g/mol. The van der Waals surface area contributed by atoms with Crippen molar-refractivity contribution in [1.29, 1.82) is 0 Å². The van der Waals surface area contributed by atoms with E-state index < -0.39 is 23.4 Å². The summed E-state index contributed by atoms with van der Waals surface area (Å²) >= 11 is 0. The molecule has 1 aliphatic heterocycles. The predicted octanol–water partition coefficient (Wildman–Crippen LogP) is 0.922. The molecule has 0 saturated carbocycles. The van der Waals surface area contributed by atoms with Gasteiger partial charge in [0, 0.05) is 19.1 Å². The summed E-state index contributed by atoms with van der Waals surface area (Å²) in [6.07, 6.45) is 1.22. The highest BCUT2D eigenvalue weighted by Crippen LogP contribution is 2.21. The normalized spacial score (nSPS) is 14.5. The van der Waals surface area contributed by atoms with Gasteiger partial charge in [0.25, 0.3) is 0 Å². The number of hydrogen-bond acceptors (Lipinski definition) is 6. The van der Waals surface area contributed by atoms with E-state index in [2.05, 4.69) is 10.3 Å². The molecule has 2 heterocycles. The molecule has 1 aromatic heterocycles. The topological polar surface area (TPSA) is 131 Å². The minimum Gasteiger partial charge on any atom is -0.383 e. The average Bonchev–Trinajstić information content (AvgIpc) is 2.68. The second-order valence-electron chi connectivity index (χ2n) is 6.51. The number of anilines is 2. The second kappa shape index (κ2) is 8.03. The number of likely N-dealkylation sites (tertiary alicyclic amines) is 1. The molecule has 1 fully saturated rings. The molecule has 146 valence electrons. The Labute approximate surface area is 160 Å². The first-order valence-electron chi connectivity index (χ1n) is 8.78. The Kier molecular flexibility index (Phi) is 5.53. The molecule has 28 heavy (non-hydrogen) atoms. The summed E-state index contributed by atoms with van der Waals surface area (Å²) in [5, 5.41) is 3.20. The number of piperidine rings is 1. The fourth-order valence-electron chi connectivity index (χ4n) is 3.13. The van der Waals surface area contributed by atoms with E-state index in [0.717, 1.165) is 0 Å². The molecule has 2 amide bonds. The van der Waals surface area contributed by atoms with Crippen LogP contribution >= 0.6 is 0 Å².